The molecule has 1 saturated heterocycles. The van der Waals surface area contributed by atoms with Crippen molar-refractivity contribution in [3.63, 3.8) is 0 Å². The molecular weight excluding hydrogens is 413 g/mol. The molecule has 0 amide bonds. The second kappa shape index (κ2) is 10.9. The van der Waals surface area contributed by atoms with Crippen LogP contribution in [-0.4, -0.2) is 50.6 Å². The number of hydrogen-bond donors (Lipinski definition) is 2. The molecule has 32 heavy (non-hydrogen) atoms. The van der Waals surface area contributed by atoms with Gasteiger partial charge in [-0.05, 0) is 42.3 Å². The van der Waals surface area contributed by atoms with Crippen LogP contribution in [0.2, 0.25) is 0 Å². The van der Waals surface area contributed by atoms with Gasteiger partial charge < -0.3 is 24.8 Å². The van der Waals surface area contributed by atoms with E-state index in [1.807, 2.05) is 24.3 Å². The molecule has 8 heteroatoms. The highest BCUT2D eigenvalue weighted by atomic mass is 19.1. The monoisotopic (exact) mass is 441 g/mol. The van der Waals surface area contributed by atoms with E-state index in [0.29, 0.717) is 25.4 Å². The lowest BCUT2D eigenvalue weighted by Crippen LogP contribution is -2.45. The lowest BCUT2D eigenvalue weighted by Gasteiger charge is -2.38. The number of aliphatic carboxylic acids is 1. The lowest BCUT2D eigenvalue weighted by molar-refractivity contribution is -0.137. The van der Waals surface area contributed by atoms with Gasteiger partial charge in [-0.1, -0.05) is 13.0 Å². The number of carbonyl (C=O) groups is 1. The van der Waals surface area contributed by atoms with Gasteiger partial charge in [0.25, 0.3) is 0 Å². The van der Waals surface area contributed by atoms with Crippen LogP contribution in [0.4, 0.5) is 21.5 Å². The Kier molecular flexibility index (Phi) is 8.03. The van der Waals surface area contributed by atoms with Crippen molar-refractivity contribution >= 4 is 23.0 Å². The molecule has 1 heterocycles. The second-order valence-electron chi connectivity index (χ2n) is 7.79. The smallest absolute Gasteiger partial charge is 0.304 e. The number of ether oxygens (including phenoxy) is 2. The number of nitrogens with zero attached hydrogens (tertiary/aromatic N) is 2. The minimum absolute atomic E-state index is 0.0228. The fraction of sp³-hybridized carbons (Fsp3) is 0.417. The number of morpholine rings is 1. The van der Waals surface area contributed by atoms with Crippen LogP contribution in [0.15, 0.2) is 36.4 Å². The van der Waals surface area contributed by atoms with Crippen LogP contribution in [0.5, 0.6) is 0 Å². The van der Waals surface area contributed by atoms with E-state index in [2.05, 4.69) is 17.1 Å². The molecule has 0 saturated carbocycles. The van der Waals surface area contributed by atoms with Crippen molar-refractivity contribution in [2.45, 2.75) is 31.7 Å². The first-order valence-electron chi connectivity index (χ1n) is 10.6. The SMILES string of the molecule is CCC1COCCN1c1ccc([C@@H](COC)CC(=O)O)cc1Nc1ccc(C#N)c(F)c1. The average Bonchev–Trinajstić information content (AvgIpc) is 2.78. The Balaban J connectivity index is 2.03. The summed E-state index contributed by atoms with van der Waals surface area (Å²) in [5.74, 6) is -1.83. The topological polar surface area (TPSA) is 94.8 Å². The molecule has 0 aromatic heterocycles. The van der Waals surface area contributed by atoms with Crippen LogP contribution in [-0.2, 0) is 14.3 Å². The third kappa shape index (κ3) is 5.55. The molecule has 1 aliphatic rings. The second-order valence-corrected chi connectivity index (χ2v) is 7.79. The maximum atomic E-state index is 14.2. The van der Waals surface area contributed by atoms with E-state index in [-0.39, 0.29) is 30.6 Å². The van der Waals surface area contributed by atoms with Crippen molar-refractivity contribution < 1.29 is 23.8 Å². The minimum Gasteiger partial charge on any atom is -0.481 e. The molecule has 0 spiro atoms. The van der Waals surface area contributed by atoms with E-state index in [1.54, 1.807) is 13.2 Å². The van der Waals surface area contributed by atoms with Crippen molar-refractivity contribution in [1.82, 2.24) is 0 Å². The maximum Gasteiger partial charge on any atom is 0.304 e. The number of nitriles is 1. The molecule has 1 fully saturated rings. The Morgan fingerprint density at radius 2 is 2.22 bits per heavy atom. The summed E-state index contributed by atoms with van der Waals surface area (Å²) < 4.78 is 25.1. The molecule has 2 N–H and O–H groups in total. The summed E-state index contributed by atoms with van der Waals surface area (Å²) in [7, 11) is 1.54. The van der Waals surface area contributed by atoms with E-state index in [0.717, 1.165) is 23.4 Å². The molecule has 1 unspecified atom stereocenters. The van der Waals surface area contributed by atoms with Crippen molar-refractivity contribution in [3.05, 3.63) is 53.3 Å². The molecule has 1 aliphatic heterocycles. The Morgan fingerprint density at radius 3 is 2.88 bits per heavy atom. The molecule has 0 aliphatic carbocycles. The highest BCUT2D eigenvalue weighted by molar-refractivity contribution is 5.77. The third-order valence-corrected chi connectivity index (χ3v) is 5.66. The van der Waals surface area contributed by atoms with Crippen LogP contribution in [0.1, 0.15) is 36.8 Å². The number of anilines is 3. The van der Waals surface area contributed by atoms with Gasteiger partial charge >= 0.3 is 5.97 Å². The largest absolute Gasteiger partial charge is 0.481 e. The Labute approximate surface area is 187 Å². The van der Waals surface area contributed by atoms with E-state index in [9.17, 15) is 14.3 Å². The zero-order valence-electron chi connectivity index (χ0n) is 18.3. The van der Waals surface area contributed by atoms with Crippen LogP contribution in [0.25, 0.3) is 0 Å². The number of methoxy groups -OCH3 is 1. The number of hydrogen-bond acceptors (Lipinski definition) is 6. The Hall–Kier alpha value is -3.15. The Morgan fingerprint density at radius 1 is 1.41 bits per heavy atom. The first-order valence-corrected chi connectivity index (χ1v) is 10.6. The third-order valence-electron chi connectivity index (χ3n) is 5.66. The van der Waals surface area contributed by atoms with E-state index < -0.39 is 11.8 Å². The summed E-state index contributed by atoms with van der Waals surface area (Å²) in [6, 6.07) is 12.2. The van der Waals surface area contributed by atoms with Crippen molar-refractivity contribution in [1.29, 1.82) is 5.26 Å². The maximum absolute atomic E-state index is 14.2. The quantitative estimate of drug-likeness (QED) is 0.600. The van der Waals surface area contributed by atoms with Crippen LogP contribution >= 0.6 is 0 Å². The predicted molar refractivity (Wildman–Crippen MR) is 120 cm³/mol. The van der Waals surface area contributed by atoms with Gasteiger partial charge in [0.05, 0.1) is 49.2 Å². The summed E-state index contributed by atoms with van der Waals surface area (Å²) in [4.78, 5) is 13.6. The molecule has 2 aromatic carbocycles. The van der Waals surface area contributed by atoms with Gasteiger partial charge in [0, 0.05) is 25.3 Å². The summed E-state index contributed by atoms with van der Waals surface area (Å²) >= 11 is 0. The lowest BCUT2D eigenvalue weighted by atomic mass is 9.95. The van der Waals surface area contributed by atoms with Crippen molar-refractivity contribution in [3.8, 4) is 6.07 Å². The van der Waals surface area contributed by atoms with Crippen molar-refractivity contribution in [2.75, 3.05) is 43.7 Å². The van der Waals surface area contributed by atoms with Crippen LogP contribution < -0.4 is 10.2 Å². The van der Waals surface area contributed by atoms with Gasteiger partial charge in [0.1, 0.15) is 11.9 Å². The van der Waals surface area contributed by atoms with Gasteiger partial charge in [0.15, 0.2) is 0 Å². The van der Waals surface area contributed by atoms with Gasteiger partial charge in [0.2, 0.25) is 0 Å². The summed E-state index contributed by atoms with van der Waals surface area (Å²) in [6.07, 6.45) is 0.839. The fourth-order valence-corrected chi connectivity index (χ4v) is 3.99. The number of carboxylic acids is 1. The molecule has 0 bridgehead atoms. The van der Waals surface area contributed by atoms with Gasteiger partial charge in [-0.15, -0.1) is 0 Å². The molecule has 2 atom stereocenters. The molecule has 2 aromatic rings. The standard InChI is InChI=1S/C24H28FN3O4/c1-3-20-15-32-9-8-28(20)23-7-5-16(18(14-31-2)11-24(29)30)10-22(23)27-19-6-4-17(13-26)21(25)12-19/h4-7,10,12,18,20,27H,3,8-9,11,14-15H2,1-2H3,(H,29,30)/t18-,20?/m1/s1. The number of halogens is 1. The number of benzene rings is 2. The van der Waals surface area contributed by atoms with Gasteiger partial charge in [-0.25, -0.2) is 4.39 Å². The zero-order valence-corrected chi connectivity index (χ0v) is 18.3. The molecule has 0 radical (unpaired) electrons. The van der Waals surface area contributed by atoms with Gasteiger partial charge in [-0.2, -0.15) is 5.26 Å². The normalized spacial score (nSPS) is 16.9. The highest BCUT2D eigenvalue weighted by Crippen LogP contribution is 2.36. The van der Waals surface area contributed by atoms with E-state index in [4.69, 9.17) is 14.7 Å². The first kappa shape index (κ1) is 23.5. The Bertz CT molecular complexity index is 992. The number of carboxylic acid groups (broad SMARTS) is 1. The molecule has 170 valence electrons. The fourth-order valence-electron chi connectivity index (χ4n) is 3.99. The van der Waals surface area contributed by atoms with E-state index in [1.165, 1.54) is 12.1 Å². The minimum atomic E-state index is -0.904. The zero-order chi connectivity index (χ0) is 23.1. The summed E-state index contributed by atoms with van der Waals surface area (Å²) in [6.45, 7) is 4.31. The van der Waals surface area contributed by atoms with Crippen molar-refractivity contribution in [2.24, 2.45) is 0 Å². The number of rotatable bonds is 9. The van der Waals surface area contributed by atoms with Crippen LogP contribution in [0.3, 0.4) is 0 Å². The number of nitrogens with one attached hydrogen (secondary N) is 1. The van der Waals surface area contributed by atoms with Crippen LogP contribution in [0, 0.1) is 17.1 Å². The summed E-state index contributed by atoms with van der Waals surface area (Å²) in [5.41, 5.74) is 2.96. The molecule has 7 nitrogen and oxygen atoms in total. The first-order chi connectivity index (χ1) is 15.5. The van der Waals surface area contributed by atoms with E-state index >= 15 is 0 Å². The average molecular weight is 442 g/mol. The predicted octanol–water partition coefficient (Wildman–Crippen LogP) is 4.26. The summed E-state index contributed by atoms with van der Waals surface area (Å²) in [5, 5.41) is 21.6. The molecular formula is C24H28FN3O4. The van der Waals surface area contributed by atoms with Gasteiger partial charge in [-0.3, -0.25) is 4.79 Å². The molecule has 3 rings (SSSR count). The highest BCUT2D eigenvalue weighted by Gasteiger charge is 2.25.